The summed E-state index contributed by atoms with van der Waals surface area (Å²) >= 11 is 0. The van der Waals surface area contributed by atoms with Crippen LogP contribution in [0.25, 0.3) is 0 Å². The van der Waals surface area contributed by atoms with Gasteiger partial charge in [-0.3, -0.25) is 19.7 Å². The lowest BCUT2D eigenvalue weighted by atomic mass is 10.1. The molecule has 2 aromatic rings. The average molecular weight is 340 g/mol. The van der Waals surface area contributed by atoms with E-state index in [0.29, 0.717) is 24.3 Å². The van der Waals surface area contributed by atoms with Crippen molar-refractivity contribution >= 4 is 23.3 Å². The zero-order valence-corrected chi connectivity index (χ0v) is 13.4. The molecule has 1 heterocycles. The summed E-state index contributed by atoms with van der Waals surface area (Å²) < 4.78 is 5.26. The molecule has 0 saturated carbocycles. The molecule has 7 nitrogen and oxygen atoms in total. The molecule has 128 valence electrons. The molecule has 7 heteroatoms. The van der Waals surface area contributed by atoms with Crippen molar-refractivity contribution in [1.82, 2.24) is 0 Å². The molecule has 0 atom stereocenters. The van der Waals surface area contributed by atoms with Crippen LogP contribution in [-0.4, -0.2) is 23.3 Å². The Hall–Kier alpha value is -3.22. The zero-order chi connectivity index (χ0) is 17.8. The summed E-state index contributed by atoms with van der Waals surface area (Å²) in [5.74, 6) is 0.0316. The molecule has 3 rings (SSSR count). The minimum Gasteiger partial charge on any atom is -0.426 e. The van der Waals surface area contributed by atoms with Crippen LogP contribution in [0.2, 0.25) is 0 Å². The van der Waals surface area contributed by atoms with E-state index in [-0.39, 0.29) is 18.0 Å². The van der Waals surface area contributed by atoms with E-state index >= 15 is 0 Å². The Labute approximate surface area is 144 Å². The molecule has 0 bridgehead atoms. The van der Waals surface area contributed by atoms with Gasteiger partial charge in [-0.25, -0.2) is 0 Å². The zero-order valence-electron chi connectivity index (χ0n) is 13.4. The van der Waals surface area contributed by atoms with Crippen molar-refractivity contribution in [2.45, 2.75) is 19.3 Å². The van der Waals surface area contributed by atoms with Crippen LogP contribution in [0.15, 0.2) is 48.5 Å². The fraction of sp³-hybridized carbons (Fsp3) is 0.222. The molecule has 1 aliphatic heterocycles. The van der Waals surface area contributed by atoms with E-state index in [0.717, 1.165) is 12.1 Å². The third-order valence-corrected chi connectivity index (χ3v) is 3.95. The molecule has 0 radical (unpaired) electrons. The van der Waals surface area contributed by atoms with Gasteiger partial charge in [-0.1, -0.05) is 12.1 Å². The van der Waals surface area contributed by atoms with Crippen LogP contribution in [0.5, 0.6) is 5.75 Å². The van der Waals surface area contributed by atoms with Gasteiger partial charge in [0.2, 0.25) is 5.91 Å². The number of amides is 1. The maximum absolute atomic E-state index is 12.0. The number of nitrogens with zero attached hydrogens (tertiary/aromatic N) is 2. The highest BCUT2D eigenvalue weighted by molar-refractivity contribution is 5.95. The van der Waals surface area contributed by atoms with Crippen molar-refractivity contribution < 1.29 is 19.2 Å². The van der Waals surface area contributed by atoms with Gasteiger partial charge < -0.3 is 9.64 Å². The second-order valence-electron chi connectivity index (χ2n) is 5.72. The Morgan fingerprint density at radius 3 is 2.36 bits per heavy atom. The van der Waals surface area contributed by atoms with Gasteiger partial charge in [-0.05, 0) is 36.2 Å². The molecule has 0 N–H and O–H groups in total. The normalized spacial score (nSPS) is 13.8. The third kappa shape index (κ3) is 4.00. The van der Waals surface area contributed by atoms with Gasteiger partial charge in [0.15, 0.2) is 0 Å². The molecule has 0 spiro atoms. The molecule has 1 amide bonds. The van der Waals surface area contributed by atoms with Gasteiger partial charge >= 0.3 is 5.97 Å². The van der Waals surface area contributed by atoms with E-state index in [1.165, 1.54) is 24.3 Å². The highest BCUT2D eigenvalue weighted by Gasteiger charge is 2.21. The number of benzene rings is 2. The van der Waals surface area contributed by atoms with Crippen molar-refractivity contribution in [3.8, 4) is 5.75 Å². The van der Waals surface area contributed by atoms with E-state index in [4.69, 9.17) is 4.74 Å². The van der Waals surface area contributed by atoms with Crippen molar-refractivity contribution in [3.63, 3.8) is 0 Å². The van der Waals surface area contributed by atoms with E-state index in [1.54, 1.807) is 29.2 Å². The highest BCUT2D eigenvalue weighted by atomic mass is 16.6. The number of nitro benzene ring substituents is 1. The van der Waals surface area contributed by atoms with Crippen LogP contribution >= 0.6 is 0 Å². The van der Waals surface area contributed by atoms with E-state index in [9.17, 15) is 19.7 Å². The first-order valence-electron chi connectivity index (χ1n) is 7.87. The topological polar surface area (TPSA) is 89.8 Å². The lowest BCUT2D eigenvalue weighted by Crippen LogP contribution is -2.23. The second kappa shape index (κ2) is 7.12. The molecular weight excluding hydrogens is 324 g/mol. The lowest BCUT2D eigenvalue weighted by molar-refractivity contribution is -0.384. The first-order valence-corrected chi connectivity index (χ1v) is 7.87. The summed E-state index contributed by atoms with van der Waals surface area (Å²) in [7, 11) is 0. The maximum atomic E-state index is 12.0. The highest BCUT2D eigenvalue weighted by Crippen LogP contribution is 2.24. The van der Waals surface area contributed by atoms with E-state index in [1.807, 2.05) is 0 Å². The summed E-state index contributed by atoms with van der Waals surface area (Å²) in [6.45, 7) is 0.706. The summed E-state index contributed by atoms with van der Waals surface area (Å²) in [6, 6.07) is 12.6. The number of ether oxygens (including phenoxy) is 1. The van der Waals surface area contributed by atoms with Gasteiger partial charge in [0.05, 0.1) is 11.3 Å². The number of carbonyl (C=O) groups is 2. The number of hydrogen-bond donors (Lipinski definition) is 0. The van der Waals surface area contributed by atoms with E-state index < -0.39 is 10.9 Å². The Kier molecular flexibility index (Phi) is 4.74. The minimum absolute atomic E-state index is 0.0182. The molecule has 1 saturated heterocycles. The van der Waals surface area contributed by atoms with Crippen molar-refractivity contribution in [2.75, 3.05) is 11.4 Å². The fourth-order valence-corrected chi connectivity index (χ4v) is 2.68. The molecule has 0 unspecified atom stereocenters. The minimum atomic E-state index is -0.491. The predicted octanol–water partition coefficient (Wildman–Crippen LogP) is 2.87. The first kappa shape index (κ1) is 16.6. The van der Waals surface area contributed by atoms with Gasteiger partial charge in [0.1, 0.15) is 5.75 Å². The molecular formula is C18H16N2O5. The Bertz CT molecular complexity index is 799. The van der Waals surface area contributed by atoms with Gasteiger partial charge in [-0.2, -0.15) is 0 Å². The van der Waals surface area contributed by atoms with Crippen molar-refractivity contribution in [1.29, 1.82) is 0 Å². The number of carbonyl (C=O) groups excluding carboxylic acids is 2. The second-order valence-corrected chi connectivity index (χ2v) is 5.72. The van der Waals surface area contributed by atoms with Crippen LogP contribution in [0.4, 0.5) is 11.4 Å². The molecule has 1 fully saturated rings. The number of rotatable bonds is 5. The summed E-state index contributed by atoms with van der Waals surface area (Å²) in [5, 5.41) is 10.6. The van der Waals surface area contributed by atoms with Gasteiger partial charge in [0.25, 0.3) is 5.69 Å². The maximum Gasteiger partial charge on any atom is 0.315 e. The smallest absolute Gasteiger partial charge is 0.315 e. The molecule has 0 aromatic heterocycles. The Morgan fingerprint density at radius 1 is 1.12 bits per heavy atom. The third-order valence-electron chi connectivity index (χ3n) is 3.95. The van der Waals surface area contributed by atoms with E-state index in [2.05, 4.69) is 0 Å². The number of nitro groups is 1. The number of esters is 1. The van der Waals surface area contributed by atoms with Crippen LogP contribution in [0.3, 0.4) is 0 Å². The molecule has 2 aromatic carbocycles. The SMILES string of the molecule is O=C(Cc1ccc([N+](=O)[O-])cc1)Oc1ccc(N2CCCC2=O)cc1. The summed E-state index contributed by atoms with van der Waals surface area (Å²) in [5.41, 5.74) is 1.40. The van der Waals surface area contributed by atoms with Crippen molar-refractivity contribution in [3.05, 3.63) is 64.2 Å². The Morgan fingerprint density at radius 2 is 1.80 bits per heavy atom. The quantitative estimate of drug-likeness (QED) is 0.361. The lowest BCUT2D eigenvalue weighted by Gasteiger charge is -2.15. The number of non-ortho nitro benzene ring substituents is 1. The standard InChI is InChI=1S/C18H16N2O5/c21-17-2-1-11-19(17)14-7-9-16(10-8-14)25-18(22)12-13-3-5-15(6-4-13)20(23)24/h3-10H,1-2,11-12H2. The van der Waals surface area contributed by atoms with Crippen LogP contribution in [0, 0.1) is 10.1 Å². The Balaban J connectivity index is 1.59. The van der Waals surface area contributed by atoms with Crippen LogP contribution in [-0.2, 0) is 16.0 Å². The van der Waals surface area contributed by atoms with Crippen molar-refractivity contribution in [2.24, 2.45) is 0 Å². The number of hydrogen-bond acceptors (Lipinski definition) is 5. The monoisotopic (exact) mass is 340 g/mol. The molecule has 0 aliphatic carbocycles. The summed E-state index contributed by atoms with van der Waals surface area (Å²) in [6.07, 6.45) is 1.43. The van der Waals surface area contributed by atoms with Crippen LogP contribution < -0.4 is 9.64 Å². The van der Waals surface area contributed by atoms with Crippen LogP contribution in [0.1, 0.15) is 18.4 Å². The molecule has 25 heavy (non-hydrogen) atoms. The predicted molar refractivity (Wildman–Crippen MR) is 90.5 cm³/mol. The van der Waals surface area contributed by atoms with Gasteiger partial charge in [0, 0.05) is 30.8 Å². The first-order chi connectivity index (χ1) is 12.0. The fourth-order valence-electron chi connectivity index (χ4n) is 2.68. The largest absolute Gasteiger partial charge is 0.426 e. The number of anilines is 1. The van der Waals surface area contributed by atoms with Gasteiger partial charge in [-0.15, -0.1) is 0 Å². The molecule has 1 aliphatic rings. The summed E-state index contributed by atoms with van der Waals surface area (Å²) in [4.78, 5) is 35.5. The average Bonchev–Trinajstić information content (AvgIpc) is 3.02.